The summed E-state index contributed by atoms with van der Waals surface area (Å²) in [6.45, 7) is 22.2. The highest BCUT2D eigenvalue weighted by molar-refractivity contribution is 5.75. The van der Waals surface area contributed by atoms with Crippen molar-refractivity contribution < 1.29 is 10.2 Å². The number of rotatable bonds is 5. The summed E-state index contributed by atoms with van der Waals surface area (Å²) in [5.74, 6) is 0.615. The minimum Gasteiger partial charge on any atom is -0.508 e. The van der Waals surface area contributed by atoms with Crippen molar-refractivity contribution in [1.82, 2.24) is 0 Å². The van der Waals surface area contributed by atoms with Crippen molar-refractivity contribution in [2.75, 3.05) is 0 Å². The molecule has 0 aliphatic carbocycles. The molecule has 0 saturated carbocycles. The summed E-state index contributed by atoms with van der Waals surface area (Å²) in [6.07, 6.45) is 0.976. The number of phenols is 2. The molecule has 210 valence electrons. The zero-order valence-electron chi connectivity index (χ0n) is 26.0. The first-order valence-electron chi connectivity index (χ1n) is 14.5. The lowest BCUT2D eigenvalue weighted by molar-refractivity contribution is 0.471. The van der Waals surface area contributed by atoms with Crippen LogP contribution in [0.5, 0.6) is 11.5 Å². The molecule has 0 atom stereocenters. The Bertz CT molecular complexity index is 1430. The molecule has 0 fully saturated rings. The molecule has 40 heavy (non-hydrogen) atoms. The van der Waals surface area contributed by atoms with Gasteiger partial charge in [0.15, 0.2) is 0 Å². The molecule has 0 amide bonds. The van der Waals surface area contributed by atoms with Crippen molar-refractivity contribution in [3.63, 3.8) is 0 Å². The number of aryl methyl sites for hydroxylation is 2. The predicted molar refractivity (Wildman–Crippen MR) is 171 cm³/mol. The van der Waals surface area contributed by atoms with Gasteiger partial charge in [0.25, 0.3) is 0 Å². The van der Waals surface area contributed by atoms with E-state index in [0.29, 0.717) is 11.5 Å². The third-order valence-corrected chi connectivity index (χ3v) is 8.64. The summed E-state index contributed by atoms with van der Waals surface area (Å²) in [7, 11) is 0. The first-order chi connectivity index (χ1) is 18.6. The fraction of sp³-hybridized carbons (Fsp3) is 0.368. The second-order valence-electron chi connectivity index (χ2n) is 13.7. The Morgan fingerprint density at radius 1 is 0.500 bits per heavy atom. The highest BCUT2D eigenvalue weighted by atomic mass is 16.3. The second kappa shape index (κ2) is 10.5. The molecule has 4 aromatic rings. The van der Waals surface area contributed by atoms with E-state index in [1.807, 2.05) is 24.3 Å². The Morgan fingerprint density at radius 2 is 0.850 bits per heavy atom. The van der Waals surface area contributed by atoms with Crippen LogP contribution in [0.25, 0.3) is 22.3 Å². The van der Waals surface area contributed by atoms with E-state index >= 15 is 0 Å². The first kappa shape index (κ1) is 29.5. The maximum Gasteiger partial charge on any atom is 0.115 e. The summed E-state index contributed by atoms with van der Waals surface area (Å²) >= 11 is 0. The van der Waals surface area contributed by atoms with Crippen molar-refractivity contribution in [1.29, 1.82) is 0 Å². The van der Waals surface area contributed by atoms with Crippen LogP contribution in [0.2, 0.25) is 0 Å². The number of aromatic hydroxyl groups is 2. The Hall–Kier alpha value is -3.52. The molecule has 0 radical (unpaired) electrons. The van der Waals surface area contributed by atoms with E-state index in [4.69, 9.17) is 0 Å². The minimum atomic E-state index is -0.143. The molecule has 4 aromatic carbocycles. The van der Waals surface area contributed by atoms with E-state index in [0.717, 1.165) is 17.5 Å². The van der Waals surface area contributed by atoms with Crippen LogP contribution in [0.3, 0.4) is 0 Å². The van der Waals surface area contributed by atoms with Crippen LogP contribution in [0.4, 0.5) is 0 Å². The van der Waals surface area contributed by atoms with E-state index in [1.54, 1.807) is 12.1 Å². The highest BCUT2D eigenvalue weighted by Crippen LogP contribution is 2.42. The number of benzene rings is 4. The van der Waals surface area contributed by atoms with E-state index in [2.05, 4.69) is 106 Å². The predicted octanol–water partition coefficient (Wildman–Crippen LogP) is 10.4. The molecule has 2 nitrogen and oxygen atoms in total. The Morgan fingerprint density at radius 3 is 1.15 bits per heavy atom. The normalized spacial score (nSPS) is 12.6. The van der Waals surface area contributed by atoms with Gasteiger partial charge >= 0.3 is 0 Å². The van der Waals surface area contributed by atoms with E-state index < -0.39 is 0 Å². The number of hydrogen-bond donors (Lipinski definition) is 2. The van der Waals surface area contributed by atoms with Crippen LogP contribution < -0.4 is 0 Å². The molecular formula is C38H46O2. The third-order valence-electron chi connectivity index (χ3n) is 8.64. The molecule has 0 aliphatic heterocycles. The van der Waals surface area contributed by atoms with Gasteiger partial charge < -0.3 is 10.2 Å². The minimum absolute atomic E-state index is 0.0826. The quantitative estimate of drug-likeness (QED) is 0.267. The van der Waals surface area contributed by atoms with Crippen LogP contribution in [0, 0.1) is 13.8 Å². The van der Waals surface area contributed by atoms with Crippen molar-refractivity contribution >= 4 is 0 Å². The average Bonchev–Trinajstić information content (AvgIpc) is 2.87. The molecule has 0 bridgehead atoms. The second-order valence-corrected chi connectivity index (χ2v) is 13.7. The molecule has 0 aliphatic rings. The Balaban J connectivity index is 1.78. The topological polar surface area (TPSA) is 40.5 Å². The summed E-state index contributed by atoms with van der Waals surface area (Å²) < 4.78 is 0. The van der Waals surface area contributed by atoms with E-state index in [1.165, 1.54) is 44.5 Å². The molecule has 0 unspecified atom stereocenters. The molecule has 0 saturated heterocycles. The van der Waals surface area contributed by atoms with Crippen LogP contribution in [-0.4, -0.2) is 10.2 Å². The van der Waals surface area contributed by atoms with Crippen molar-refractivity contribution in [2.24, 2.45) is 0 Å². The molecule has 0 spiro atoms. The van der Waals surface area contributed by atoms with Crippen LogP contribution in [0.1, 0.15) is 95.2 Å². The fourth-order valence-electron chi connectivity index (χ4n) is 5.97. The van der Waals surface area contributed by atoms with Gasteiger partial charge in [0, 0.05) is 5.41 Å². The third kappa shape index (κ3) is 5.55. The van der Waals surface area contributed by atoms with Gasteiger partial charge in [-0.25, -0.2) is 0 Å². The van der Waals surface area contributed by atoms with Crippen LogP contribution in [0.15, 0.2) is 72.8 Å². The van der Waals surface area contributed by atoms with Gasteiger partial charge in [-0.3, -0.25) is 0 Å². The largest absolute Gasteiger partial charge is 0.508 e. The summed E-state index contributed by atoms with van der Waals surface area (Å²) in [5.41, 5.74) is 11.8. The molecule has 2 heteroatoms. The molecule has 4 rings (SSSR count). The maximum absolute atomic E-state index is 10.2. The lowest BCUT2D eigenvalue weighted by Gasteiger charge is -2.32. The fourth-order valence-corrected chi connectivity index (χ4v) is 5.97. The molecule has 0 heterocycles. The monoisotopic (exact) mass is 534 g/mol. The van der Waals surface area contributed by atoms with Gasteiger partial charge in [-0.2, -0.15) is 0 Å². The Kier molecular flexibility index (Phi) is 7.71. The highest BCUT2D eigenvalue weighted by Gasteiger charge is 2.29. The number of hydrogen-bond acceptors (Lipinski definition) is 2. The van der Waals surface area contributed by atoms with Gasteiger partial charge in [-0.1, -0.05) is 104 Å². The van der Waals surface area contributed by atoms with Crippen molar-refractivity contribution in [3.8, 4) is 33.8 Å². The zero-order valence-corrected chi connectivity index (χ0v) is 26.0. The van der Waals surface area contributed by atoms with Gasteiger partial charge in [0.2, 0.25) is 0 Å². The summed E-state index contributed by atoms with van der Waals surface area (Å²) in [4.78, 5) is 0. The summed E-state index contributed by atoms with van der Waals surface area (Å²) in [5, 5.41) is 20.4. The number of phenolic OH excluding ortho intramolecular Hbond substituents is 2. The van der Waals surface area contributed by atoms with Crippen LogP contribution in [-0.2, 0) is 16.2 Å². The van der Waals surface area contributed by atoms with Gasteiger partial charge in [-0.05, 0) is 111 Å². The lowest BCUT2D eigenvalue weighted by atomic mass is 9.72. The van der Waals surface area contributed by atoms with Gasteiger partial charge in [-0.15, -0.1) is 0 Å². The van der Waals surface area contributed by atoms with E-state index in [9.17, 15) is 10.2 Å². The van der Waals surface area contributed by atoms with Gasteiger partial charge in [0.05, 0.1) is 0 Å². The standard InChI is InChI=1S/C38H46O2/c1-11-38(10,26-12-16-30(24(2)20-26)32-18-14-28(39)22-34(32)36(4,5)6)27-13-17-31(25(3)21-27)33-19-15-29(40)23-35(33)37(7,8)9/h12-23,39-40H,11H2,1-10H3. The lowest BCUT2D eigenvalue weighted by Crippen LogP contribution is -2.23. The molecule has 0 aromatic heterocycles. The van der Waals surface area contributed by atoms with Crippen LogP contribution >= 0.6 is 0 Å². The summed E-state index contributed by atoms with van der Waals surface area (Å²) in [6, 6.07) is 25.3. The zero-order chi connectivity index (χ0) is 29.6. The maximum atomic E-state index is 10.2. The molecule has 2 N–H and O–H groups in total. The van der Waals surface area contributed by atoms with Crippen molar-refractivity contribution in [3.05, 3.63) is 106 Å². The Labute approximate surface area is 241 Å². The smallest absolute Gasteiger partial charge is 0.115 e. The SMILES string of the molecule is CCC(C)(c1ccc(-c2ccc(O)cc2C(C)(C)C)c(C)c1)c1ccc(-c2ccc(O)cc2C(C)(C)C)c(C)c1. The average molecular weight is 535 g/mol. The van der Waals surface area contributed by atoms with Gasteiger partial charge in [0.1, 0.15) is 11.5 Å². The van der Waals surface area contributed by atoms with Crippen molar-refractivity contribution in [2.45, 2.75) is 91.9 Å². The van der Waals surface area contributed by atoms with E-state index in [-0.39, 0.29) is 16.2 Å². The first-order valence-corrected chi connectivity index (χ1v) is 14.5. The molecular weight excluding hydrogens is 488 g/mol.